The van der Waals surface area contributed by atoms with Crippen LogP contribution in [0.1, 0.15) is 36.2 Å². The molecule has 37 heavy (non-hydrogen) atoms. The topological polar surface area (TPSA) is 88.5 Å². The van der Waals surface area contributed by atoms with Crippen LogP contribution in [-0.2, 0) is 23.7 Å². The van der Waals surface area contributed by atoms with Crippen molar-refractivity contribution in [2.45, 2.75) is 38.8 Å². The molecule has 2 aromatic heterocycles. The van der Waals surface area contributed by atoms with Crippen LogP contribution in [-0.4, -0.2) is 27.9 Å². The Morgan fingerprint density at radius 2 is 1.78 bits per heavy atom. The van der Waals surface area contributed by atoms with Crippen molar-refractivity contribution >= 4 is 29.0 Å². The van der Waals surface area contributed by atoms with E-state index < -0.39 is 41.5 Å². The van der Waals surface area contributed by atoms with Crippen LogP contribution in [0.5, 0.6) is 5.75 Å². The maximum atomic E-state index is 13.4. The van der Waals surface area contributed by atoms with Gasteiger partial charge < -0.3 is 10.1 Å². The van der Waals surface area contributed by atoms with Gasteiger partial charge in [0, 0.05) is 12.3 Å². The second-order valence-electron chi connectivity index (χ2n) is 8.25. The molecule has 3 heterocycles. The molecule has 0 saturated carbocycles. The number of amides is 1. The number of alkyl halides is 6. The maximum absolute atomic E-state index is 13.4. The molecule has 194 valence electrons. The molecular weight excluding hydrogens is 504 g/mol. The average Bonchev–Trinajstić information content (AvgIpc) is 3.15. The zero-order valence-corrected chi connectivity index (χ0v) is 19.3. The Morgan fingerprint density at radius 3 is 2.46 bits per heavy atom. The number of ether oxygens (including phenoxy) is 1. The van der Waals surface area contributed by atoms with E-state index in [0.717, 1.165) is 0 Å². The van der Waals surface area contributed by atoms with E-state index in [1.54, 1.807) is 24.4 Å². The molecule has 3 aromatic rings. The average molecular weight is 523 g/mol. The number of nitrogens with one attached hydrogen (secondary N) is 2. The molecule has 0 aliphatic carbocycles. The van der Waals surface area contributed by atoms with Crippen LogP contribution >= 0.6 is 0 Å². The standard InChI is InChI=1S/C24H19F6N5O2/c1-12(2)37-19-7-8-31-17-6-5-15(33-20(17)19)10-18-21(36)35-22(34-18)32-11-13-3-4-14(23(25,26)27)9-16(13)24(28,29)30/h3-10,12H,11H2,1-2H3,(H2,32,34,35,36)/b18-10+. The van der Waals surface area contributed by atoms with E-state index >= 15 is 0 Å². The summed E-state index contributed by atoms with van der Waals surface area (Å²) in [5.41, 5.74) is -1.93. The van der Waals surface area contributed by atoms with Crippen molar-refractivity contribution in [2.24, 2.45) is 4.99 Å². The Bertz CT molecular complexity index is 1410. The number of fused-ring (bicyclic) bond motifs is 1. The monoisotopic (exact) mass is 523 g/mol. The highest BCUT2D eigenvalue weighted by molar-refractivity contribution is 6.15. The minimum atomic E-state index is -5.02. The lowest BCUT2D eigenvalue weighted by atomic mass is 10.0. The number of benzene rings is 1. The fourth-order valence-corrected chi connectivity index (χ4v) is 3.48. The second-order valence-corrected chi connectivity index (χ2v) is 8.25. The molecule has 1 amide bonds. The first kappa shape index (κ1) is 25.9. The first-order chi connectivity index (χ1) is 17.3. The van der Waals surface area contributed by atoms with Gasteiger partial charge in [-0.2, -0.15) is 26.3 Å². The van der Waals surface area contributed by atoms with E-state index in [0.29, 0.717) is 34.6 Å². The summed E-state index contributed by atoms with van der Waals surface area (Å²) in [6.07, 6.45) is -7.08. The van der Waals surface area contributed by atoms with Crippen LogP contribution in [0.25, 0.3) is 17.1 Å². The highest BCUT2D eigenvalue weighted by atomic mass is 19.4. The van der Waals surface area contributed by atoms with Gasteiger partial charge in [-0.3, -0.25) is 15.1 Å². The minimum Gasteiger partial charge on any atom is -0.489 e. The second kappa shape index (κ2) is 9.71. The number of halogens is 6. The molecule has 7 nitrogen and oxygen atoms in total. The lowest BCUT2D eigenvalue weighted by Crippen LogP contribution is -2.25. The number of aromatic nitrogens is 2. The quantitative estimate of drug-likeness (QED) is 0.360. The molecule has 0 atom stereocenters. The van der Waals surface area contributed by atoms with Crippen molar-refractivity contribution in [1.29, 1.82) is 0 Å². The van der Waals surface area contributed by atoms with E-state index in [2.05, 4.69) is 25.6 Å². The van der Waals surface area contributed by atoms with Crippen molar-refractivity contribution < 1.29 is 35.9 Å². The highest BCUT2D eigenvalue weighted by Gasteiger charge is 2.38. The van der Waals surface area contributed by atoms with Gasteiger partial charge in [0.1, 0.15) is 17.0 Å². The van der Waals surface area contributed by atoms with Gasteiger partial charge in [0.2, 0.25) is 5.96 Å². The predicted molar refractivity (Wildman–Crippen MR) is 122 cm³/mol. The van der Waals surface area contributed by atoms with Crippen LogP contribution in [0, 0.1) is 0 Å². The van der Waals surface area contributed by atoms with E-state index in [4.69, 9.17) is 4.74 Å². The molecule has 0 unspecified atom stereocenters. The minimum absolute atomic E-state index is 0.0179. The van der Waals surface area contributed by atoms with Crippen LogP contribution in [0.4, 0.5) is 26.3 Å². The molecule has 0 radical (unpaired) electrons. The number of nitrogens with zero attached hydrogens (tertiary/aromatic N) is 3. The van der Waals surface area contributed by atoms with Crippen LogP contribution in [0.15, 0.2) is 53.3 Å². The third kappa shape index (κ3) is 5.98. The number of carbonyl (C=O) groups excluding carboxylic acids is 1. The van der Waals surface area contributed by atoms with Gasteiger partial charge in [-0.15, -0.1) is 0 Å². The number of guanidine groups is 1. The molecule has 1 aromatic carbocycles. The number of rotatable bonds is 5. The molecule has 0 bridgehead atoms. The third-order valence-electron chi connectivity index (χ3n) is 5.10. The van der Waals surface area contributed by atoms with Crippen molar-refractivity contribution in [3.05, 3.63) is 70.7 Å². The summed E-state index contributed by atoms with van der Waals surface area (Å²) < 4.78 is 84.5. The van der Waals surface area contributed by atoms with Crippen molar-refractivity contribution in [3.63, 3.8) is 0 Å². The zero-order chi connectivity index (χ0) is 27.0. The van der Waals surface area contributed by atoms with E-state index in [9.17, 15) is 31.1 Å². The van der Waals surface area contributed by atoms with Gasteiger partial charge in [-0.25, -0.2) is 9.98 Å². The summed E-state index contributed by atoms with van der Waals surface area (Å²) in [5, 5.41) is 5.02. The first-order valence-corrected chi connectivity index (χ1v) is 10.9. The third-order valence-corrected chi connectivity index (χ3v) is 5.10. The number of pyridine rings is 2. The van der Waals surface area contributed by atoms with Crippen LogP contribution in [0.3, 0.4) is 0 Å². The predicted octanol–water partition coefficient (Wildman–Crippen LogP) is 5.07. The Labute approximate surface area is 206 Å². The summed E-state index contributed by atoms with van der Waals surface area (Å²) in [6, 6.07) is 6.27. The number of hydrogen-bond donors (Lipinski definition) is 2. The molecule has 4 rings (SSSR count). The first-order valence-electron chi connectivity index (χ1n) is 10.9. The number of hydrogen-bond acceptors (Lipinski definition) is 5. The molecule has 2 N–H and O–H groups in total. The smallest absolute Gasteiger partial charge is 0.416 e. The number of carbonyl (C=O) groups is 1. The van der Waals surface area contributed by atoms with Crippen molar-refractivity contribution in [2.75, 3.05) is 0 Å². The van der Waals surface area contributed by atoms with E-state index in [-0.39, 0.29) is 23.8 Å². The lowest BCUT2D eigenvalue weighted by Gasteiger charge is -2.15. The van der Waals surface area contributed by atoms with Gasteiger partial charge in [0.15, 0.2) is 0 Å². The Morgan fingerprint density at radius 1 is 1.03 bits per heavy atom. The summed E-state index contributed by atoms with van der Waals surface area (Å²) >= 11 is 0. The van der Waals surface area contributed by atoms with Crippen LogP contribution < -0.4 is 15.4 Å². The molecule has 0 spiro atoms. The highest BCUT2D eigenvalue weighted by Crippen LogP contribution is 2.37. The lowest BCUT2D eigenvalue weighted by molar-refractivity contribution is -0.143. The SMILES string of the molecule is CC(C)Oc1ccnc2ccc(/C=C3/NC(=NCc4ccc(C(F)(F)F)cc4C(F)(F)F)NC3=O)nc12. The largest absolute Gasteiger partial charge is 0.489 e. The van der Waals surface area contributed by atoms with E-state index in [1.807, 2.05) is 13.8 Å². The summed E-state index contributed by atoms with van der Waals surface area (Å²) in [6.45, 7) is 3.08. The Balaban J connectivity index is 1.58. The fourth-order valence-electron chi connectivity index (χ4n) is 3.48. The molecule has 1 fully saturated rings. The zero-order valence-electron chi connectivity index (χ0n) is 19.3. The van der Waals surface area contributed by atoms with Crippen molar-refractivity contribution in [1.82, 2.24) is 20.6 Å². The van der Waals surface area contributed by atoms with Gasteiger partial charge in [0.05, 0.1) is 35.0 Å². The molecule has 1 saturated heterocycles. The molecule has 1 aliphatic heterocycles. The van der Waals surface area contributed by atoms with E-state index in [1.165, 1.54) is 6.08 Å². The Kier molecular flexibility index (Phi) is 6.80. The summed E-state index contributed by atoms with van der Waals surface area (Å²) in [4.78, 5) is 25.0. The fraction of sp³-hybridized carbons (Fsp3) is 0.250. The van der Waals surface area contributed by atoms with Gasteiger partial charge in [-0.05, 0) is 49.8 Å². The van der Waals surface area contributed by atoms with Crippen LogP contribution in [0.2, 0.25) is 0 Å². The summed E-state index contributed by atoms with van der Waals surface area (Å²) in [7, 11) is 0. The number of aliphatic imine (C=N–C) groups is 1. The molecule has 1 aliphatic rings. The van der Waals surface area contributed by atoms with Gasteiger partial charge in [-0.1, -0.05) is 6.07 Å². The summed E-state index contributed by atoms with van der Waals surface area (Å²) in [5.74, 6) is -0.271. The van der Waals surface area contributed by atoms with Crippen molar-refractivity contribution in [3.8, 4) is 5.75 Å². The van der Waals surface area contributed by atoms with Gasteiger partial charge in [0.25, 0.3) is 5.91 Å². The normalized spacial score (nSPS) is 16.5. The molecular formula is C24H19F6N5O2. The Hall–Kier alpha value is -4.16. The molecule has 13 heteroatoms. The maximum Gasteiger partial charge on any atom is 0.416 e. The van der Waals surface area contributed by atoms with Gasteiger partial charge >= 0.3 is 12.4 Å².